The number of hydrogen-bond donors (Lipinski definition) is 2. The molecule has 1 saturated heterocycles. The lowest BCUT2D eigenvalue weighted by atomic mass is 10.1. The van der Waals surface area contributed by atoms with Crippen molar-refractivity contribution in [3.63, 3.8) is 0 Å². The lowest BCUT2D eigenvalue weighted by Gasteiger charge is -2.30. The van der Waals surface area contributed by atoms with Crippen molar-refractivity contribution in [3.05, 3.63) is 41.5 Å². The molecule has 3 rings (SSSR count). The number of amides is 1. The number of carbonyl (C=O) groups excluding carboxylic acids is 1. The molecule has 0 radical (unpaired) electrons. The van der Waals surface area contributed by atoms with Crippen molar-refractivity contribution >= 4 is 18.3 Å². The Morgan fingerprint density at radius 3 is 3.04 bits per heavy atom. The number of carbonyl (C=O) groups is 1. The highest BCUT2D eigenvalue weighted by Crippen LogP contribution is 2.23. The van der Waals surface area contributed by atoms with E-state index >= 15 is 0 Å². The standard InChI is InChI=1S/C18H25N5O3.ClH/c1-12(24)20-15(10-13-5-4-6-14(9-13)25-3)18-21-17(22-26-18)16-11-19-7-8-23(16)2;/h4-6,9,15-16,19H,7-8,10-11H2,1-3H3,(H,20,24);1H. The van der Waals surface area contributed by atoms with E-state index in [1.165, 1.54) is 6.92 Å². The van der Waals surface area contributed by atoms with Gasteiger partial charge in [-0.05, 0) is 24.7 Å². The Balaban J connectivity index is 0.00000261. The van der Waals surface area contributed by atoms with Crippen LogP contribution in [-0.2, 0) is 11.2 Å². The quantitative estimate of drug-likeness (QED) is 0.765. The van der Waals surface area contributed by atoms with Crippen LogP contribution in [0.1, 0.15) is 36.3 Å². The Labute approximate surface area is 165 Å². The van der Waals surface area contributed by atoms with E-state index in [0.717, 1.165) is 30.9 Å². The van der Waals surface area contributed by atoms with Crippen molar-refractivity contribution in [2.45, 2.75) is 25.4 Å². The second kappa shape index (κ2) is 9.68. The third-order valence-electron chi connectivity index (χ3n) is 4.52. The number of aromatic nitrogens is 2. The van der Waals surface area contributed by atoms with E-state index in [1.807, 2.05) is 31.3 Å². The SMILES string of the molecule is COc1cccc(CC(NC(C)=O)c2nc(C3CNCCN3C)no2)c1.Cl. The van der Waals surface area contributed by atoms with Crippen molar-refractivity contribution in [1.82, 2.24) is 25.7 Å². The normalized spacial score (nSPS) is 18.4. The first-order chi connectivity index (χ1) is 12.6. The van der Waals surface area contributed by atoms with Crippen LogP contribution in [0.4, 0.5) is 0 Å². The van der Waals surface area contributed by atoms with Gasteiger partial charge in [-0.15, -0.1) is 12.4 Å². The lowest BCUT2D eigenvalue weighted by Crippen LogP contribution is -2.44. The fraction of sp³-hybridized carbons (Fsp3) is 0.500. The van der Waals surface area contributed by atoms with Crippen LogP contribution in [0.3, 0.4) is 0 Å². The van der Waals surface area contributed by atoms with Crippen molar-refractivity contribution in [2.75, 3.05) is 33.8 Å². The predicted molar refractivity (Wildman–Crippen MR) is 103 cm³/mol. The Kier molecular flexibility index (Phi) is 7.58. The van der Waals surface area contributed by atoms with E-state index in [-0.39, 0.29) is 30.4 Å². The molecule has 1 amide bonds. The van der Waals surface area contributed by atoms with E-state index in [0.29, 0.717) is 18.1 Å². The van der Waals surface area contributed by atoms with Crippen LogP contribution >= 0.6 is 12.4 Å². The molecule has 0 spiro atoms. The van der Waals surface area contributed by atoms with Crippen molar-refractivity contribution in [2.24, 2.45) is 0 Å². The van der Waals surface area contributed by atoms with Gasteiger partial charge in [-0.2, -0.15) is 4.98 Å². The van der Waals surface area contributed by atoms with Crippen LogP contribution in [0, 0.1) is 0 Å². The van der Waals surface area contributed by atoms with E-state index in [2.05, 4.69) is 25.7 Å². The first-order valence-electron chi connectivity index (χ1n) is 8.71. The molecule has 0 saturated carbocycles. The molecule has 9 heteroatoms. The summed E-state index contributed by atoms with van der Waals surface area (Å²) in [4.78, 5) is 18.4. The minimum Gasteiger partial charge on any atom is -0.497 e. The highest BCUT2D eigenvalue weighted by atomic mass is 35.5. The molecular formula is C18H26ClN5O3. The largest absolute Gasteiger partial charge is 0.497 e. The molecule has 2 aromatic rings. The van der Waals surface area contributed by atoms with Crippen molar-refractivity contribution in [1.29, 1.82) is 0 Å². The van der Waals surface area contributed by atoms with Gasteiger partial charge in [0.15, 0.2) is 5.82 Å². The summed E-state index contributed by atoms with van der Waals surface area (Å²) in [6.07, 6.45) is 0.539. The molecule has 1 fully saturated rings. The number of nitrogens with zero attached hydrogens (tertiary/aromatic N) is 3. The van der Waals surface area contributed by atoms with Gasteiger partial charge >= 0.3 is 0 Å². The topological polar surface area (TPSA) is 92.5 Å². The molecule has 8 nitrogen and oxygen atoms in total. The minimum absolute atomic E-state index is 0. The highest BCUT2D eigenvalue weighted by Gasteiger charge is 2.28. The van der Waals surface area contributed by atoms with Crippen LogP contribution < -0.4 is 15.4 Å². The average molecular weight is 396 g/mol. The molecule has 1 aromatic heterocycles. The summed E-state index contributed by atoms with van der Waals surface area (Å²) in [6, 6.07) is 7.39. The van der Waals surface area contributed by atoms with E-state index in [9.17, 15) is 4.79 Å². The molecule has 0 bridgehead atoms. The molecular weight excluding hydrogens is 370 g/mol. The van der Waals surface area contributed by atoms with E-state index in [4.69, 9.17) is 9.26 Å². The van der Waals surface area contributed by atoms with Crippen LogP contribution in [0.5, 0.6) is 5.75 Å². The summed E-state index contributed by atoms with van der Waals surface area (Å²) in [7, 11) is 3.67. The average Bonchev–Trinajstić information content (AvgIpc) is 3.11. The fourth-order valence-electron chi connectivity index (χ4n) is 3.10. The maximum Gasteiger partial charge on any atom is 0.249 e. The Hall–Kier alpha value is -2.16. The summed E-state index contributed by atoms with van der Waals surface area (Å²) in [5.74, 6) is 1.67. The number of hydrogen-bond acceptors (Lipinski definition) is 7. The van der Waals surface area contributed by atoms with Gasteiger partial charge in [0.1, 0.15) is 11.8 Å². The molecule has 2 N–H and O–H groups in total. The first kappa shape index (κ1) is 21.1. The predicted octanol–water partition coefficient (Wildman–Crippen LogP) is 1.50. The van der Waals surface area contributed by atoms with Gasteiger partial charge in [-0.1, -0.05) is 17.3 Å². The second-order valence-corrected chi connectivity index (χ2v) is 6.50. The van der Waals surface area contributed by atoms with Crippen LogP contribution in [0.25, 0.3) is 0 Å². The van der Waals surface area contributed by atoms with Gasteiger partial charge in [-0.3, -0.25) is 9.69 Å². The van der Waals surface area contributed by atoms with Gasteiger partial charge in [-0.25, -0.2) is 0 Å². The summed E-state index contributed by atoms with van der Waals surface area (Å²) in [6.45, 7) is 4.13. The van der Waals surface area contributed by atoms with Crippen molar-refractivity contribution in [3.8, 4) is 5.75 Å². The molecule has 1 aromatic carbocycles. The van der Waals surface area contributed by atoms with Gasteiger partial charge in [0, 0.05) is 33.0 Å². The lowest BCUT2D eigenvalue weighted by molar-refractivity contribution is -0.119. The molecule has 27 heavy (non-hydrogen) atoms. The summed E-state index contributed by atoms with van der Waals surface area (Å²) in [5, 5.41) is 10.4. The summed E-state index contributed by atoms with van der Waals surface area (Å²) >= 11 is 0. The molecule has 0 aliphatic carbocycles. The van der Waals surface area contributed by atoms with Gasteiger partial charge in [0.05, 0.1) is 13.2 Å². The summed E-state index contributed by atoms with van der Waals surface area (Å²) in [5.41, 5.74) is 1.01. The molecule has 148 valence electrons. The third kappa shape index (κ3) is 5.41. The molecule has 2 unspecified atom stereocenters. The highest BCUT2D eigenvalue weighted by molar-refractivity contribution is 5.85. The van der Waals surface area contributed by atoms with Gasteiger partial charge < -0.3 is 19.9 Å². The van der Waals surface area contributed by atoms with Gasteiger partial charge in [0.25, 0.3) is 0 Å². The van der Waals surface area contributed by atoms with E-state index < -0.39 is 0 Å². The van der Waals surface area contributed by atoms with E-state index in [1.54, 1.807) is 7.11 Å². The molecule has 1 aliphatic rings. The maximum atomic E-state index is 11.7. The third-order valence-corrected chi connectivity index (χ3v) is 4.52. The molecule has 2 heterocycles. The smallest absolute Gasteiger partial charge is 0.249 e. The number of likely N-dealkylation sites (N-methyl/N-ethyl adjacent to an activating group) is 1. The number of benzene rings is 1. The van der Waals surface area contributed by atoms with Crippen LogP contribution in [-0.4, -0.2) is 54.7 Å². The van der Waals surface area contributed by atoms with Crippen LogP contribution in [0.2, 0.25) is 0 Å². The number of piperazine rings is 1. The van der Waals surface area contributed by atoms with Crippen molar-refractivity contribution < 1.29 is 14.1 Å². The minimum atomic E-state index is -0.386. The molecule has 2 atom stereocenters. The number of methoxy groups -OCH3 is 1. The van der Waals surface area contributed by atoms with Gasteiger partial charge in [0.2, 0.25) is 11.8 Å². The Morgan fingerprint density at radius 2 is 2.33 bits per heavy atom. The summed E-state index contributed by atoms with van der Waals surface area (Å²) < 4.78 is 10.8. The van der Waals surface area contributed by atoms with Crippen LogP contribution in [0.15, 0.2) is 28.8 Å². The zero-order valence-corrected chi connectivity index (χ0v) is 16.6. The first-order valence-corrected chi connectivity index (χ1v) is 8.71. The second-order valence-electron chi connectivity index (χ2n) is 6.50. The number of halogens is 1. The molecule has 1 aliphatic heterocycles. The zero-order chi connectivity index (χ0) is 18.5. The number of ether oxygens (including phenoxy) is 1. The Morgan fingerprint density at radius 1 is 1.52 bits per heavy atom. The Bertz CT molecular complexity index is 754. The fourth-order valence-corrected chi connectivity index (χ4v) is 3.10. The maximum absolute atomic E-state index is 11.7. The zero-order valence-electron chi connectivity index (χ0n) is 15.8. The monoisotopic (exact) mass is 395 g/mol. The number of nitrogens with one attached hydrogen (secondary N) is 2. The number of rotatable bonds is 6.